The van der Waals surface area contributed by atoms with Gasteiger partial charge >= 0.3 is 33.5 Å². The Balaban J connectivity index is 1.63. The molecule has 3 fully saturated rings. The number of amides is 1. The fraction of sp³-hybridized carbons (Fsp3) is 0.526. The summed E-state index contributed by atoms with van der Waals surface area (Å²) in [5, 5.41) is -3.26. The standard InChI is InChI=1S/C19H13F5I3NO8S/c20-18(21,22)17(19(23,24)37(32,33)34)36-16(31)9-5-3-6-10(9)15(30)35-13(6)12(5)28-14(29)7-1-4(25)2-8(26)11(7)27/h1-2,5-6,9-10,12-13,17H,3H2,(H,28,29)(H,32,33,34). The number of carbonyl (C=O) groups is 3. The van der Waals surface area contributed by atoms with Crippen molar-refractivity contribution in [3.63, 3.8) is 0 Å². The zero-order chi connectivity index (χ0) is 27.8. The van der Waals surface area contributed by atoms with Crippen LogP contribution in [0.5, 0.6) is 0 Å². The van der Waals surface area contributed by atoms with Crippen molar-refractivity contribution in [2.75, 3.05) is 0 Å². The third-order valence-corrected chi connectivity index (χ3v) is 11.2. The van der Waals surface area contributed by atoms with E-state index in [1.165, 1.54) is 0 Å². The second-order valence-electron chi connectivity index (χ2n) is 8.66. The van der Waals surface area contributed by atoms with E-state index in [0.717, 1.165) is 7.14 Å². The summed E-state index contributed by atoms with van der Waals surface area (Å²) in [6, 6.07) is 2.34. The Morgan fingerprint density at radius 1 is 1.14 bits per heavy atom. The summed E-state index contributed by atoms with van der Waals surface area (Å²) in [4.78, 5) is 38.3. The summed E-state index contributed by atoms with van der Waals surface area (Å²) < 4.78 is 110. The lowest BCUT2D eigenvalue weighted by Gasteiger charge is -2.33. The number of hydrogen-bond acceptors (Lipinski definition) is 7. The van der Waals surface area contributed by atoms with Crippen molar-refractivity contribution in [2.45, 2.75) is 36.1 Å². The Bertz CT molecular complexity index is 1290. The number of benzene rings is 1. The number of halogens is 8. The van der Waals surface area contributed by atoms with Gasteiger partial charge in [-0.1, -0.05) is 0 Å². The van der Waals surface area contributed by atoms with Crippen LogP contribution in [0.15, 0.2) is 12.1 Å². The lowest BCUT2D eigenvalue weighted by molar-refractivity contribution is -0.261. The minimum atomic E-state index is -6.64. The third-order valence-electron chi connectivity index (χ3n) is 6.60. The summed E-state index contributed by atoms with van der Waals surface area (Å²) in [7, 11) is -6.64. The summed E-state index contributed by atoms with van der Waals surface area (Å²) in [5.74, 6) is -8.27. The van der Waals surface area contributed by atoms with E-state index in [1.807, 2.05) is 73.8 Å². The van der Waals surface area contributed by atoms with Crippen LogP contribution >= 0.6 is 67.8 Å². The maximum atomic E-state index is 13.9. The van der Waals surface area contributed by atoms with Crippen LogP contribution in [-0.4, -0.2) is 60.5 Å². The molecular weight excluding hydrogens is 878 g/mol. The van der Waals surface area contributed by atoms with E-state index < -0.39 is 81.3 Å². The van der Waals surface area contributed by atoms with Crippen molar-refractivity contribution in [3.05, 3.63) is 28.4 Å². The van der Waals surface area contributed by atoms with Crippen molar-refractivity contribution >= 4 is 95.7 Å². The molecule has 18 heteroatoms. The van der Waals surface area contributed by atoms with E-state index in [0.29, 0.717) is 3.57 Å². The average Bonchev–Trinajstić information content (AvgIpc) is 3.36. The largest absolute Gasteiger partial charge is 0.460 e. The summed E-state index contributed by atoms with van der Waals surface area (Å²) in [6.07, 6.45) is -11.5. The molecule has 0 aromatic heterocycles. The van der Waals surface area contributed by atoms with Crippen LogP contribution in [0, 0.1) is 34.4 Å². The molecule has 1 aromatic rings. The fourth-order valence-corrected chi connectivity index (χ4v) is 8.02. The van der Waals surface area contributed by atoms with Crippen LogP contribution < -0.4 is 5.32 Å². The molecule has 204 valence electrons. The monoisotopic (exact) mass is 891 g/mol. The fourth-order valence-electron chi connectivity index (χ4n) is 5.17. The Morgan fingerprint density at radius 3 is 2.32 bits per heavy atom. The summed E-state index contributed by atoms with van der Waals surface area (Å²) in [6.45, 7) is 0. The lowest BCUT2D eigenvalue weighted by Crippen LogP contribution is -2.55. The van der Waals surface area contributed by atoms with Gasteiger partial charge in [0.05, 0.1) is 23.4 Å². The molecule has 2 saturated carbocycles. The van der Waals surface area contributed by atoms with Crippen LogP contribution in [0.3, 0.4) is 0 Å². The first kappa shape index (κ1) is 29.4. The number of carbonyl (C=O) groups excluding carboxylic acids is 3. The predicted molar refractivity (Wildman–Crippen MR) is 137 cm³/mol. The minimum Gasteiger partial charge on any atom is -0.460 e. The van der Waals surface area contributed by atoms with Crippen molar-refractivity contribution in [3.8, 4) is 0 Å². The predicted octanol–water partition coefficient (Wildman–Crippen LogP) is 3.36. The van der Waals surface area contributed by atoms with Gasteiger partial charge in [-0.2, -0.15) is 30.4 Å². The van der Waals surface area contributed by atoms with E-state index in [1.54, 1.807) is 6.07 Å². The van der Waals surface area contributed by atoms with Crippen molar-refractivity contribution in [1.29, 1.82) is 0 Å². The first-order valence-corrected chi connectivity index (χ1v) is 14.8. The third kappa shape index (κ3) is 5.05. The van der Waals surface area contributed by atoms with E-state index in [9.17, 15) is 44.8 Å². The van der Waals surface area contributed by atoms with Crippen LogP contribution in [0.1, 0.15) is 16.8 Å². The average molecular weight is 891 g/mol. The maximum absolute atomic E-state index is 13.9. The van der Waals surface area contributed by atoms with Gasteiger partial charge in [0.1, 0.15) is 6.10 Å². The number of fused-ring (bicyclic) bond motifs is 1. The molecule has 2 N–H and O–H groups in total. The molecule has 0 radical (unpaired) electrons. The Kier molecular flexibility index (Phi) is 7.76. The minimum absolute atomic E-state index is 0.0398. The number of nitrogens with one attached hydrogen (secondary N) is 1. The zero-order valence-electron chi connectivity index (χ0n) is 17.6. The van der Waals surface area contributed by atoms with E-state index >= 15 is 0 Å². The van der Waals surface area contributed by atoms with Gasteiger partial charge < -0.3 is 14.8 Å². The van der Waals surface area contributed by atoms with Crippen LogP contribution in [0.2, 0.25) is 0 Å². The van der Waals surface area contributed by atoms with Gasteiger partial charge in [-0.05, 0) is 92.2 Å². The van der Waals surface area contributed by atoms with Crippen LogP contribution in [-0.2, 0) is 29.2 Å². The Morgan fingerprint density at radius 2 is 1.76 bits per heavy atom. The lowest BCUT2D eigenvalue weighted by atomic mass is 9.77. The van der Waals surface area contributed by atoms with Gasteiger partial charge in [0.15, 0.2) is 0 Å². The zero-order valence-corrected chi connectivity index (χ0v) is 24.9. The second-order valence-corrected chi connectivity index (χ2v) is 13.6. The first-order chi connectivity index (χ1) is 16.9. The van der Waals surface area contributed by atoms with Crippen molar-refractivity contribution < 1.29 is 58.8 Å². The molecule has 1 amide bonds. The van der Waals surface area contributed by atoms with Gasteiger partial charge in [-0.25, -0.2) is 0 Å². The molecule has 4 rings (SSSR count). The highest BCUT2D eigenvalue weighted by atomic mass is 127. The molecule has 1 aromatic carbocycles. The number of esters is 2. The smallest absolute Gasteiger partial charge is 0.432 e. The quantitative estimate of drug-likeness (QED) is 0.146. The Labute approximate surface area is 246 Å². The van der Waals surface area contributed by atoms with Gasteiger partial charge in [0, 0.05) is 16.6 Å². The van der Waals surface area contributed by atoms with Crippen molar-refractivity contribution in [1.82, 2.24) is 5.32 Å². The second kappa shape index (κ2) is 9.78. The molecule has 3 aliphatic rings. The van der Waals surface area contributed by atoms with Gasteiger partial charge in [-0.3, -0.25) is 18.9 Å². The topological polar surface area (TPSA) is 136 Å². The molecule has 2 aliphatic carbocycles. The maximum Gasteiger partial charge on any atom is 0.432 e. The van der Waals surface area contributed by atoms with Gasteiger partial charge in [0.2, 0.25) is 0 Å². The molecule has 2 bridgehead atoms. The number of ether oxygens (including phenoxy) is 2. The molecule has 37 heavy (non-hydrogen) atoms. The highest BCUT2D eigenvalue weighted by molar-refractivity contribution is 14.1. The summed E-state index contributed by atoms with van der Waals surface area (Å²) in [5.41, 5.74) is 0.254. The molecule has 0 spiro atoms. The van der Waals surface area contributed by atoms with Gasteiger partial charge in [0.25, 0.3) is 12.0 Å². The van der Waals surface area contributed by atoms with Crippen LogP contribution in [0.4, 0.5) is 22.0 Å². The normalized spacial score (nSPS) is 29.7. The highest BCUT2D eigenvalue weighted by Gasteiger charge is 2.71. The number of rotatable bonds is 6. The van der Waals surface area contributed by atoms with E-state index in [4.69, 9.17) is 9.29 Å². The number of alkyl halides is 5. The molecule has 1 aliphatic heterocycles. The first-order valence-electron chi connectivity index (χ1n) is 10.1. The molecule has 7 atom stereocenters. The molecule has 7 unspecified atom stereocenters. The Hall–Kier alpha value is -0.620. The highest BCUT2D eigenvalue weighted by Crippen LogP contribution is 2.58. The van der Waals surface area contributed by atoms with Crippen LogP contribution in [0.25, 0.3) is 0 Å². The van der Waals surface area contributed by atoms with E-state index in [2.05, 4.69) is 10.1 Å². The van der Waals surface area contributed by atoms with E-state index in [-0.39, 0.29) is 12.0 Å². The molecule has 1 saturated heterocycles. The number of hydrogen-bond donors (Lipinski definition) is 2. The molecular formula is C19H13F5I3NO8S. The van der Waals surface area contributed by atoms with Crippen molar-refractivity contribution in [2.24, 2.45) is 23.7 Å². The molecule has 9 nitrogen and oxygen atoms in total. The summed E-state index contributed by atoms with van der Waals surface area (Å²) >= 11 is 5.95. The van der Waals surface area contributed by atoms with Gasteiger partial charge in [-0.15, -0.1) is 0 Å². The SMILES string of the molecule is O=C(NC1C2CC3C1OC(=O)C3C2C(=O)OC(C(F)(F)F)C(F)(F)S(=O)(=O)O)c1cc(I)cc(I)c1I. The molecule has 1 heterocycles.